The first-order valence-corrected chi connectivity index (χ1v) is 8.43. The quantitative estimate of drug-likeness (QED) is 0.580. The van der Waals surface area contributed by atoms with Gasteiger partial charge in [0.2, 0.25) is 0 Å². The average Bonchev–Trinajstić information content (AvgIpc) is 2.42. The van der Waals surface area contributed by atoms with E-state index in [1.54, 1.807) is 0 Å². The fraction of sp³-hybridized carbons (Fsp3) is 0.200. The molecule has 0 atom stereocenters. The zero-order valence-electron chi connectivity index (χ0n) is 9.66. The van der Waals surface area contributed by atoms with Crippen molar-refractivity contribution in [2.75, 3.05) is 6.16 Å². The van der Waals surface area contributed by atoms with Crippen LogP contribution in [0.3, 0.4) is 0 Å². The van der Waals surface area contributed by atoms with E-state index >= 15 is 0 Å². The fourth-order valence-electron chi connectivity index (χ4n) is 1.83. The van der Waals surface area contributed by atoms with Crippen molar-refractivity contribution in [2.45, 2.75) is 11.3 Å². The second-order valence-electron chi connectivity index (χ2n) is 3.83. The van der Waals surface area contributed by atoms with Crippen molar-refractivity contribution in [2.24, 2.45) is 0 Å². The van der Waals surface area contributed by atoms with E-state index in [2.05, 4.69) is 79.9 Å². The second-order valence-corrected chi connectivity index (χ2v) is 6.95. The molecule has 0 amide bonds. The molecule has 0 fully saturated rings. The monoisotopic (exact) mass is 333 g/mol. The van der Waals surface area contributed by atoms with Gasteiger partial charge in [-0.2, -0.15) is 0 Å². The molecule has 0 saturated carbocycles. The molecule has 0 saturated heterocycles. The third kappa shape index (κ3) is 3.75. The second kappa shape index (κ2) is 7.07. The molecule has 0 heterocycles. The summed E-state index contributed by atoms with van der Waals surface area (Å²) in [5.74, 6) is 0. The molecule has 91 valence electrons. The minimum absolute atomic E-state index is 0.181. The Hall–Kier alpha value is -0.468. The Labute approximate surface area is 116 Å². The summed E-state index contributed by atoms with van der Waals surface area (Å²) >= 11 is 3.28. The molecule has 0 aliphatic carbocycles. The maximum absolute atomic E-state index is 3.28. The summed E-state index contributed by atoms with van der Waals surface area (Å²) in [5.41, 5.74) is 0. The standard InChI is InChI=1S/C15H16P.Pd/c1-2-13-16(14-9-5-3-6-10-14)15-11-7-4-8-12-15;/h3-12H,1-2,13H2;. The molecule has 0 nitrogen and oxygen atoms in total. The van der Waals surface area contributed by atoms with E-state index in [1.165, 1.54) is 23.2 Å². The molecule has 2 heteroatoms. The summed E-state index contributed by atoms with van der Waals surface area (Å²) in [6, 6.07) is 21.8. The van der Waals surface area contributed by atoms with Crippen LogP contribution in [0.25, 0.3) is 0 Å². The van der Waals surface area contributed by atoms with Crippen LogP contribution in [0.2, 0.25) is 4.89 Å². The summed E-state index contributed by atoms with van der Waals surface area (Å²) in [5, 5.41) is 2.97. The van der Waals surface area contributed by atoms with E-state index in [1.807, 2.05) is 0 Å². The van der Waals surface area contributed by atoms with Crippen molar-refractivity contribution in [3.8, 4) is 0 Å². The summed E-state index contributed by atoms with van der Waals surface area (Å²) in [6.45, 7) is 0. The molecule has 0 spiro atoms. The number of benzene rings is 2. The summed E-state index contributed by atoms with van der Waals surface area (Å²) in [6.07, 6.45) is 2.52. The van der Waals surface area contributed by atoms with E-state index in [-0.39, 0.29) is 7.92 Å². The Kier molecular flexibility index (Phi) is 5.40. The topological polar surface area (TPSA) is 0 Å². The normalized spacial score (nSPS) is 10.8. The van der Waals surface area contributed by atoms with Crippen LogP contribution in [0.1, 0.15) is 6.42 Å². The van der Waals surface area contributed by atoms with Crippen LogP contribution >= 0.6 is 7.92 Å². The van der Waals surface area contributed by atoms with Crippen LogP contribution in [0.5, 0.6) is 0 Å². The summed E-state index contributed by atoms with van der Waals surface area (Å²) < 4.78 is 0. The molecule has 0 bridgehead atoms. The molecule has 0 radical (unpaired) electrons. The van der Waals surface area contributed by atoms with Gasteiger partial charge in [-0.15, -0.1) is 0 Å². The number of hydrogen-bond donors (Lipinski definition) is 0. The minimum atomic E-state index is -0.181. The first kappa shape index (κ1) is 13.0. The molecular weight excluding hydrogens is 318 g/mol. The van der Waals surface area contributed by atoms with E-state index < -0.39 is 0 Å². The van der Waals surface area contributed by atoms with Gasteiger partial charge in [0.15, 0.2) is 0 Å². The number of rotatable bonds is 5. The van der Waals surface area contributed by atoms with Gasteiger partial charge < -0.3 is 0 Å². The SMILES string of the molecule is [Pd][CH2]CCP(c1ccccc1)c1ccccc1. The summed E-state index contributed by atoms with van der Waals surface area (Å²) in [4.78, 5) is 1.13. The van der Waals surface area contributed by atoms with Gasteiger partial charge in [-0.1, -0.05) is 0 Å². The Balaban J connectivity index is 2.26. The molecule has 0 aliphatic rings. The number of hydrogen-bond acceptors (Lipinski definition) is 0. The molecule has 0 aromatic heterocycles. The van der Waals surface area contributed by atoms with Gasteiger partial charge in [0, 0.05) is 0 Å². The predicted molar refractivity (Wildman–Crippen MR) is 73.4 cm³/mol. The molecule has 2 rings (SSSR count). The Morgan fingerprint density at radius 3 is 1.65 bits per heavy atom. The summed E-state index contributed by atoms with van der Waals surface area (Å²) in [7, 11) is -0.181. The molecule has 0 N–H and O–H groups in total. The molecule has 2 aromatic rings. The van der Waals surface area contributed by atoms with Gasteiger partial charge in [0.25, 0.3) is 0 Å². The van der Waals surface area contributed by atoms with Crippen LogP contribution in [0.4, 0.5) is 0 Å². The van der Waals surface area contributed by atoms with Gasteiger partial charge in [0.1, 0.15) is 0 Å². The van der Waals surface area contributed by atoms with Gasteiger partial charge in [0.05, 0.1) is 0 Å². The molecular formula is C15H16PPd. The third-order valence-corrected chi connectivity index (χ3v) is 5.79. The first-order valence-electron chi connectivity index (χ1n) is 5.81. The van der Waals surface area contributed by atoms with Crippen molar-refractivity contribution in [1.82, 2.24) is 0 Å². The van der Waals surface area contributed by atoms with E-state index in [0.29, 0.717) is 0 Å². The molecule has 0 aliphatic heterocycles. The van der Waals surface area contributed by atoms with Crippen LogP contribution in [0, 0.1) is 0 Å². The van der Waals surface area contributed by atoms with Crippen molar-refractivity contribution >= 4 is 18.5 Å². The van der Waals surface area contributed by atoms with Crippen LogP contribution in [0.15, 0.2) is 60.7 Å². The zero-order chi connectivity index (χ0) is 11.9. The van der Waals surface area contributed by atoms with E-state index in [0.717, 1.165) is 4.89 Å². The fourth-order valence-corrected chi connectivity index (χ4v) is 4.86. The van der Waals surface area contributed by atoms with E-state index in [9.17, 15) is 0 Å². The van der Waals surface area contributed by atoms with Crippen molar-refractivity contribution in [3.63, 3.8) is 0 Å². The molecule has 0 unspecified atom stereocenters. The van der Waals surface area contributed by atoms with Crippen molar-refractivity contribution in [1.29, 1.82) is 0 Å². The van der Waals surface area contributed by atoms with Crippen molar-refractivity contribution < 1.29 is 19.2 Å². The van der Waals surface area contributed by atoms with Crippen LogP contribution in [-0.2, 0) is 19.2 Å². The van der Waals surface area contributed by atoms with Crippen molar-refractivity contribution in [3.05, 3.63) is 60.7 Å². The van der Waals surface area contributed by atoms with E-state index in [4.69, 9.17) is 0 Å². The van der Waals surface area contributed by atoms with Gasteiger partial charge >= 0.3 is 116 Å². The van der Waals surface area contributed by atoms with Crippen LogP contribution < -0.4 is 10.6 Å². The first-order chi connectivity index (χ1) is 8.42. The maximum atomic E-state index is 3.28. The third-order valence-electron chi connectivity index (χ3n) is 2.63. The predicted octanol–water partition coefficient (Wildman–Crippen LogP) is 3.47. The average molecular weight is 334 g/mol. The van der Waals surface area contributed by atoms with Gasteiger partial charge in [-0.25, -0.2) is 0 Å². The van der Waals surface area contributed by atoms with Gasteiger partial charge in [-0.3, -0.25) is 0 Å². The van der Waals surface area contributed by atoms with Gasteiger partial charge in [-0.05, 0) is 0 Å². The van der Waals surface area contributed by atoms with Crippen LogP contribution in [-0.4, -0.2) is 6.16 Å². The Morgan fingerprint density at radius 1 is 0.765 bits per heavy atom. The zero-order valence-corrected chi connectivity index (χ0v) is 12.1. The Bertz CT molecular complexity index is 388. The molecule has 2 aromatic carbocycles. The molecule has 17 heavy (non-hydrogen) atoms. The Morgan fingerprint density at radius 2 is 1.24 bits per heavy atom.